The molecule has 0 aromatic heterocycles. The number of hydrogen-bond acceptors (Lipinski definition) is 4. The summed E-state index contributed by atoms with van der Waals surface area (Å²) in [6, 6.07) is 18.0. The number of amides is 2. The highest BCUT2D eigenvalue weighted by Crippen LogP contribution is 2.37. The van der Waals surface area contributed by atoms with Crippen LogP contribution in [0.5, 0.6) is 5.75 Å². The van der Waals surface area contributed by atoms with Gasteiger partial charge in [0.25, 0.3) is 11.8 Å². The lowest BCUT2D eigenvalue weighted by molar-refractivity contribution is -0.137. The summed E-state index contributed by atoms with van der Waals surface area (Å²) in [5.41, 5.74) is 1.27. The number of carbonyl (C=O) groups is 2. The summed E-state index contributed by atoms with van der Waals surface area (Å²) in [4.78, 5) is 27.8. The van der Waals surface area contributed by atoms with Crippen LogP contribution in [0.2, 0.25) is 0 Å². The number of imide groups is 1. The Balaban J connectivity index is 1.79. The second kappa shape index (κ2) is 9.05. The fraction of sp³-hybridized carbons (Fsp3) is 0.154. The Bertz CT molecular complexity index is 1260. The lowest BCUT2D eigenvalue weighted by Gasteiger charge is -2.17. The van der Waals surface area contributed by atoms with E-state index < -0.39 is 23.6 Å². The maximum absolute atomic E-state index is 13.4. The van der Waals surface area contributed by atoms with Gasteiger partial charge in [0.15, 0.2) is 0 Å². The number of ether oxygens (including phenoxy) is 1. The average molecular weight is 466 g/mol. The van der Waals surface area contributed by atoms with Crippen molar-refractivity contribution in [2.45, 2.75) is 20.0 Å². The predicted octanol–water partition coefficient (Wildman–Crippen LogP) is 5.81. The van der Waals surface area contributed by atoms with Crippen LogP contribution in [0.15, 0.2) is 78.5 Å². The number of para-hydroxylation sites is 2. The molecule has 8 heteroatoms. The number of halogens is 3. The molecule has 0 spiro atoms. The van der Waals surface area contributed by atoms with Crippen LogP contribution in [-0.4, -0.2) is 18.4 Å². The Hall–Kier alpha value is -4.07. The summed E-state index contributed by atoms with van der Waals surface area (Å²) in [7, 11) is 0. The highest BCUT2D eigenvalue weighted by molar-refractivity contribution is 6.46. The molecule has 2 amide bonds. The van der Waals surface area contributed by atoms with Crippen LogP contribution in [0, 0.1) is 6.92 Å². The van der Waals surface area contributed by atoms with Gasteiger partial charge < -0.3 is 10.1 Å². The van der Waals surface area contributed by atoms with Crippen molar-refractivity contribution in [3.63, 3.8) is 0 Å². The van der Waals surface area contributed by atoms with Crippen molar-refractivity contribution in [1.29, 1.82) is 0 Å². The molecule has 34 heavy (non-hydrogen) atoms. The Kier molecular flexibility index (Phi) is 6.15. The van der Waals surface area contributed by atoms with E-state index in [-0.39, 0.29) is 17.0 Å². The van der Waals surface area contributed by atoms with Gasteiger partial charge in [0.2, 0.25) is 0 Å². The number of alkyl halides is 3. The van der Waals surface area contributed by atoms with Gasteiger partial charge in [0.05, 0.1) is 29.1 Å². The number of anilines is 2. The molecule has 0 unspecified atom stereocenters. The smallest absolute Gasteiger partial charge is 0.416 e. The zero-order valence-electron chi connectivity index (χ0n) is 18.4. The number of nitrogens with one attached hydrogen (secondary N) is 1. The first-order valence-electron chi connectivity index (χ1n) is 10.6. The minimum Gasteiger partial charge on any atom is -0.492 e. The van der Waals surface area contributed by atoms with Gasteiger partial charge in [-0.3, -0.25) is 9.59 Å². The van der Waals surface area contributed by atoms with E-state index in [1.54, 1.807) is 36.4 Å². The van der Waals surface area contributed by atoms with Gasteiger partial charge in [0.1, 0.15) is 11.4 Å². The largest absolute Gasteiger partial charge is 0.492 e. The van der Waals surface area contributed by atoms with Gasteiger partial charge in [-0.15, -0.1) is 0 Å². The second-order valence-electron chi connectivity index (χ2n) is 7.66. The molecule has 0 saturated heterocycles. The van der Waals surface area contributed by atoms with Crippen LogP contribution in [0.1, 0.15) is 23.6 Å². The van der Waals surface area contributed by atoms with Crippen molar-refractivity contribution < 1.29 is 27.5 Å². The Labute approximate surface area is 194 Å². The SMILES string of the molecule is CCOc1ccccc1NC1=C(c2ccc(C)cc2)C(=O)N(c2ccc(C(F)(F)F)cc2)C1=O. The first-order chi connectivity index (χ1) is 16.2. The van der Waals surface area contributed by atoms with Crippen LogP contribution in [-0.2, 0) is 15.8 Å². The molecule has 4 rings (SSSR count). The van der Waals surface area contributed by atoms with Crippen LogP contribution in [0.3, 0.4) is 0 Å². The van der Waals surface area contributed by atoms with E-state index in [0.29, 0.717) is 23.6 Å². The second-order valence-corrected chi connectivity index (χ2v) is 7.66. The predicted molar refractivity (Wildman–Crippen MR) is 123 cm³/mol. The number of nitrogens with zero attached hydrogens (tertiary/aromatic N) is 1. The fourth-order valence-electron chi connectivity index (χ4n) is 3.65. The van der Waals surface area contributed by atoms with Crippen molar-refractivity contribution in [3.8, 4) is 5.75 Å². The van der Waals surface area contributed by atoms with Crippen LogP contribution >= 0.6 is 0 Å². The molecule has 1 heterocycles. The van der Waals surface area contributed by atoms with E-state index in [0.717, 1.165) is 34.7 Å². The Morgan fingerprint density at radius 3 is 2.15 bits per heavy atom. The van der Waals surface area contributed by atoms with Gasteiger partial charge in [0, 0.05) is 0 Å². The third kappa shape index (κ3) is 4.39. The number of carbonyl (C=O) groups excluding carboxylic acids is 2. The monoisotopic (exact) mass is 466 g/mol. The lowest BCUT2D eigenvalue weighted by Crippen LogP contribution is -2.32. The minimum atomic E-state index is -4.53. The molecule has 3 aromatic rings. The summed E-state index contributed by atoms with van der Waals surface area (Å²) in [5.74, 6) is -0.814. The average Bonchev–Trinajstić information content (AvgIpc) is 3.05. The summed E-state index contributed by atoms with van der Waals surface area (Å²) >= 11 is 0. The van der Waals surface area contributed by atoms with Gasteiger partial charge in [-0.25, -0.2) is 4.90 Å². The molecular weight excluding hydrogens is 445 g/mol. The molecule has 1 aliphatic rings. The number of rotatable bonds is 6. The fourth-order valence-corrected chi connectivity index (χ4v) is 3.65. The highest BCUT2D eigenvalue weighted by Gasteiger charge is 2.41. The van der Waals surface area contributed by atoms with E-state index in [2.05, 4.69) is 5.32 Å². The third-order valence-electron chi connectivity index (χ3n) is 5.32. The zero-order valence-corrected chi connectivity index (χ0v) is 18.4. The molecule has 174 valence electrons. The minimum absolute atomic E-state index is 0.0147. The first-order valence-corrected chi connectivity index (χ1v) is 10.6. The summed E-state index contributed by atoms with van der Waals surface area (Å²) in [6.45, 7) is 4.11. The van der Waals surface area contributed by atoms with E-state index in [4.69, 9.17) is 4.74 Å². The van der Waals surface area contributed by atoms with Crippen molar-refractivity contribution in [1.82, 2.24) is 0 Å². The van der Waals surface area contributed by atoms with E-state index >= 15 is 0 Å². The van der Waals surface area contributed by atoms with Crippen molar-refractivity contribution >= 4 is 28.8 Å². The topological polar surface area (TPSA) is 58.6 Å². The highest BCUT2D eigenvalue weighted by atomic mass is 19.4. The summed E-state index contributed by atoms with van der Waals surface area (Å²) < 4.78 is 44.6. The molecule has 0 aliphatic carbocycles. The zero-order chi connectivity index (χ0) is 24.5. The molecule has 1 N–H and O–H groups in total. The number of hydrogen-bond donors (Lipinski definition) is 1. The maximum atomic E-state index is 13.4. The van der Waals surface area contributed by atoms with Crippen LogP contribution in [0.25, 0.3) is 5.57 Å². The molecule has 0 atom stereocenters. The third-order valence-corrected chi connectivity index (χ3v) is 5.32. The first kappa shape index (κ1) is 23.1. The Morgan fingerprint density at radius 1 is 0.882 bits per heavy atom. The molecule has 3 aromatic carbocycles. The van der Waals surface area contributed by atoms with E-state index in [1.807, 2.05) is 26.0 Å². The van der Waals surface area contributed by atoms with Crippen LogP contribution < -0.4 is 15.0 Å². The van der Waals surface area contributed by atoms with E-state index in [1.165, 1.54) is 0 Å². The van der Waals surface area contributed by atoms with Crippen molar-refractivity contribution in [2.75, 3.05) is 16.8 Å². The summed E-state index contributed by atoms with van der Waals surface area (Å²) in [5, 5.41) is 3.04. The van der Waals surface area contributed by atoms with Crippen molar-refractivity contribution in [3.05, 3.63) is 95.2 Å². The molecule has 0 bridgehead atoms. The van der Waals surface area contributed by atoms with Gasteiger partial charge in [-0.1, -0.05) is 42.0 Å². The molecule has 0 radical (unpaired) electrons. The standard InChI is InChI=1S/C26H21F3N2O3/c1-3-34-21-7-5-4-6-20(21)30-23-22(17-10-8-16(2)9-11-17)24(32)31(25(23)33)19-14-12-18(13-15-19)26(27,28)29/h4-15,30H,3H2,1-2H3. The Morgan fingerprint density at radius 2 is 1.53 bits per heavy atom. The molecule has 1 aliphatic heterocycles. The van der Waals surface area contributed by atoms with E-state index in [9.17, 15) is 22.8 Å². The molecule has 0 fully saturated rings. The number of benzene rings is 3. The van der Waals surface area contributed by atoms with Crippen LogP contribution in [0.4, 0.5) is 24.5 Å². The van der Waals surface area contributed by atoms with Gasteiger partial charge in [-0.2, -0.15) is 13.2 Å². The summed E-state index contributed by atoms with van der Waals surface area (Å²) in [6.07, 6.45) is -4.53. The molecule has 5 nitrogen and oxygen atoms in total. The molecule has 0 saturated carbocycles. The number of aryl methyl sites for hydroxylation is 1. The quantitative estimate of drug-likeness (QED) is 0.466. The van der Waals surface area contributed by atoms with Crippen molar-refractivity contribution in [2.24, 2.45) is 0 Å². The van der Waals surface area contributed by atoms with Gasteiger partial charge >= 0.3 is 6.18 Å². The molecular formula is C26H21F3N2O3. The van der Waals surface area contributed by atoms with Gasteiger partial charge in [-0.05, 0) is 55.8 Å². The lowest BCUT2D eigenvalue weighted by atomic mass is 10.0. The maximum Gasteiger partial charge on any atom is 0.416 e. The normalized spacial score (nSPS) is 14.1.